The summed E-state index contributed by atoms with van der Waals surface area (Å²) in [6.07, 6.45) is -1.02. The molecule has 0 saturated heterocycles. The number of amides is 2. The largest absolute Gasteiger partial charge is 0.495 e. The number of nitrogens with one attached hydrogen (secondary N) is 1. The molecule has 0 saturated carbocycles. The van der Waals surface area contributed by atoms with E-state index in [1.165, 1.54) is 38.3 Å². The lowest BCUT2D eigenvalue weighted by Crippen LogP contribution is -2.30. The molecule has 1 atom stereocenters. The molecule has 6 nitrogen and oxygen atoms in total. The molecular formula is C17H16F2N2O4. The van der Waals surface area contributed by atoms with E-state index < -0.39 is 29.6 Å². The van der Waals surface area contributed by atoms with Crippen LogP contribution in [0.4, 0.5) is 14.5 Å². The highest BCUT2D eigenvalue weighted by Gasteiger charge is 2.18. The number of nitrogens with two attached hydrogens (primary N) is 1. The maximum atomic E-state index is 13.2. The zero-order valence-corrected chi connectivity index (χ0v) is 13.5. The molecule has 0 bridgehead atoms. The van der Waals surface area contributed by atoms with Crippen molar-refractivity contribution in [2.45, 2.75) is 13.0 Å². The molecule has 2 aromatic carbocycles. The molecule has 132 valence electrons. The second-order valence-electron chi connectivity index (χ2n) is 5.10. The van der Waals surface area contributed by atoms with Crippen LogP contribution in [0.2, 0.25) is 0 Å². The predicted molar refractivity (Wildman–Crippen MR) is 86.6 cm³/mol. The molecule has 8 heteroatoms. The van der Waals surface area contributed by atoms with Crippen molar-refractivity contribution in [3.63, 3.8) is 0 Å². The van der Waals surface area contributed by atoms with E-state index in [2.05, 4.69) is 5.32 Å². The number of primary amides is 1. The van der Waals surface area contributed by atoms with Gasteiger partial charge in [0.2, 0.25) is 5.91 Å². The topological polar surface area (TPSA) is 90.6 Å². The number of carbonyl (C=O) groups is 2. The number of benzene rings is 2. The minimum Gasteiger partial charge on any atom is -0.495 e. The fourth-order valence-corrected chi connectivity index (χ4v) is 2.00. The van der Waals surface area contributed by atoms with Gasteiger partial charge in [0.05, 0.1) is 12.8 Å². The Labute approximate surface area is 142 Å². The van der Waals surface area contributed by atoms with E-state index in [1.807, 2.05) is 0 Å². The Balaban J connectivity index is 2.13. The van der Waals surface area contributed by atoms with E-state index >= 15 is 0 Å². The number of halogens is 2. The zero-order valence-electron chi connectivity index (χ0n) is 13.5. The standard InChI is InChI=1S/C17H16F2N2O4/c1-9(25-11-4-5-12(18)13(19)8-11)17(23)21-14-7-10(16(20)22)3-6-15(14)24-2/h3-9H,1-2H3,(H2,20,22)(H,21,23). The third-order valence-corrected chi connectivity index (χ3v) is 3.32. The highest BCUT2D eigenvalue weighted by Crippen LogP contribution is 2.26. The molecule has 2 aromatic rings. The van der Waals surface area contributed by atoms with E-state index in [9.17, 15) is 18.4 Å². The van der Waals surface area contributed by atoms with Gasteiger partial charge in [0.1, 0.15) is 11.5 Å². The number of rotatable bonds is 6. The van der Waals surface area contributed by atoms with E-state index in [-0.39, 0.29) is 17.0 Å². The second-order valence-corrected chi connectivity index (χ2v) is 5.10. The molecule has 0 fully saturated rings. The monoisotopic (exact) mass is 350 g/mol. The number of anilines is 1. The molecule has 0 aliphatic heterocycles. The Hall–Kier alpha value is -3.16. The van der Waals surface area contributed by atoms with Crippen molar-refractivity contribution in [1.82, 2.24) is 0 Å². The molecule has 0 aromatic heterocycles. The Kier molecular flexibility index (Phi) is 5.53. The molecular weight excluding hydrogens is 334 g/mol. The minimum atomic E-state index is -1.08. The average molecular weight is 350 g/mol. The first-order valence-electron chi connectivity index (χ1n) is 7.22. The number of hydrogen-bond donors (Lipinski definition) is 2. The molecule has 2 rings (SSSR count). The molecule has 0 aliphatic rings. The first kappa shape index (κ1) is 18.2. The first-order chi connectivity index (χ1) is 11.8. The maximum absolute atomic E-state index is 13.2. The van der Waals surface area contributed by atoms with Crippen molar-refractivity contribution >= 4 is 17.5 Å². The fraction of sp³-hybridized carbons (Fsp3) is 0.176. The summed E-state index contributed by atoms with van der Waals surface area (Å²) in [6, 6.07) is 7.25. The summed E-state index contributed by atoms with van der Waals surface area (Å²) < 4.78 is 36.5. The number of methoxy groups -OCH3 is 1. The summed E-state index contributed by atoms with van der Waals surface area (Å²) >= 11 is 0. The van der Waals surface area contributed by atoms with Gasteiger partial charge in [0.25, 0.3) is 5.91 Å². The fourth-order valence-electron chi connectivity index (χ4n) is 2.00. The Morgan fingerprint density at radius 3 is 2.44 bits per heavy atom. The molecule has 2 amide bonds. The first-order valence-corrected chi connectivity index (χ1v) is 7.22. The van der Waals surface area contributed by atoms with Crippen LogP contribution in [0.5, 0.6) is 11.5 Å². The molecule has 0 radical (unpaired) electrons. The van der Waals surface area contributed by atoms with Crippen molar-refractivity contribution in [2.24, 2.45) is 5.73 Å². The van der Waals surface area contributed by atoms with Gasteiger partial charge in [0.15, 0.2) is 17.7 Å². The van der Waals surface area contributed by atoms with Crippen molar-refractivity contribution in [3.05, 3.63) is 53.6 Å². The third kappa shape index (κ3) is 4.43. The third-order valence-electron chi connectivity index (χ3n) is 3.32. The van der Waals surface area contributed by atoms with Crippen LogP contribution in [-0.2, 0) is 4.79 Å². The molecule has 0 heterocycles. The van der Waals surface area contributed by atoms with E-state index in [0.29, 0.717) is 5.75 Å². The van der Waals surface area contributed by atoms with Gasteiger partial charge in [-0.05, 0) is 37.3 Å². The van der Waals surface area contributed by atoms with E-state index in [1.54, 1.807) is 0 Å². The average Bonchev–Trinajstić information content (AvgIpc) is 2.57. The summed E-state index contributed by atoms with van der Waals surface area (Å²) in [5, 5.41) is 2.54. The zero-order chi connectivity index (χ0) is 18.6. The summed E-state index contributed by atoms with van der Waals surface area (Å²) in [7, 11) is 1.40. The normalized spacial score (nSPS) is 11.5. The second kappa shape index (κ2) is 7.61. The summed E-state index contributed by atoms with van der Waals surface area (Å²) in [6.45, 7) is 1.43. The van der Waals surface area contributed by atoms with Gasteiger partial charge < -0.3 is 20.5 Å². The lowest BCUT2D eigenvalue weighted by molar-refractivity contribution is -0.122. The van der Waals surface area contributed by atoms with Crippen LogP contribution in [0.3, 0.4) is 0 Å². The molecule has 0 aliphatic carbocycles. The van der Waals surface area contributed by atoms with E-state index in [0.717, 1.165) is 12.1 Å². The van der Waals surface area contributed by atoms with Crippen molar-refractivity contribution in [3.8, 4) is 11.5 Å². The minimum absolute atomic E-state index is 0.000554. The van der Waals surface area contributed by atoms with Gasteiger partial charge >= 0.3 is 0 Å². The molecule has 3 N–H and O–H groups in total. The number of carbonyl (C=O) groups excluding carboxylic acids is 2. The van der Waals surface area contributed by atoms with Crippen LogP contribution in [0.25, 0.3) is 0 Å². The van der Waals surface area contributed by atoms with Gasteiger partial charge in [-0.2, -0.15) is 0 Å². The summed E-state index contributed by atoms with van der Waals surface area (Å²) in [4.78, 5) is 23.5. The Morgan fingerprint density at radius 1 is 1.12 bits per heavy atom. The smallest absolute Gasteiger partial charge is 0.265 e. The van der Waals surface area contributed by atoms with Crippen LogP contribution >= 0.6 is 0 Å². The van der Waals surface area contributed by atoms with Crippen molar-refractivity contribution < 1.29 is 27.8 Å². The van der Waals surface area contributed by atoms with Crippen molar-refractivity contribution in [2.75, 3.05) is 12.4 Å². The lowest BCUT2D eigenvalue weighted by Gasteiger charge is -2.16. The van der Waals surface area contributed by atoms with Crippen LogP contribution in [-0.4, -0.2) is 25.0 Å². The van der Waals surface area contributed by atoms with Gasteiger partial charge in [0, 0.05) is 11.6 Å². The van der Waals surface area contributed by atoms with Gasteiger partial charge in [-0.15, -0.1) is 0 Å². The Bertz CT molecular complexity index is 811. The maximum Gasteiger partial charge on any atom is 0.265 e. The lowest BCUT2D eigenvalue weighted by atomic mass is 10.1. The van der Waals surface area contributed by atoms with Gasteiger partial charge in [-0.1, -0.05) is 0 Å². The molecule has 25 heavy (non-hydrogen) atoms. The summed E-state index contributed by atoms with van der Waals surface area (Å²) in [5.74, 6) is -3.02. The van der Waals surface area contributed by atoms with E-state index in [4.69, 9.17) is 15.2 Å². The molecule has 0 spiro atoms. The highest BCUT2D eigenvalue weighted by molar-refractivity contribution is 5.99. The molecule has 1 unspecified atom stereocenters. The van der Waals surface area contributed by atoms with Crippen LogP contribution < -0.4 is 20.5 Å². The highest BCUT2D eigenvalue weighted by atomic mass is 19.2. The van der Waals surface area contributed by atoms with Gasteiger partial charge in [-0.25, -0.2) is 8.78 Å². The predicted octanol–water partition coefficient (Wildman–Crippen LogP) is 2.48. The quantitative estimate of drug-likeness (QED) is 0.837. The van der Waals surface area contributed by atoms with Crippen LogP contribution in [0.15, 0.2) is 36.4 Å². The van der Waals surface area contributed by atoms with Crippen LogP contribution in [0.1, 0.15) is 17.3 Å². The van der Waals surface area contributed by atoms with Crippen LogP contribution in [0, 0.1) is 11.6 Å². The number of hydrogen-bond acceptors (Lipinski definition) is 4. The Morgan fingerprint density at radius 2 is 1.84 bits per heavy atom. The van der Waals surface area contributed by atoms with Gasteiger partial charge in [-0.3, -0.25) is 9.59 Å². The SMILES string of the molecule is COc1ccc(C(N)=O)cc1NC(=O)C(C)Oc1ccc(F)c(F)c1. The summed E-state index contributed by atoms with van der Waals surface area (Å²) in [5.41, 5.74) is 5.62. The van der Waals surface area contributed by atoms with Crippen molar-refractivity contribution in [1.29, 1.82) is 0 Å². The number of ether oxygens (including phenoxy) is 2.